The lowest BCUT2D eigenvalue weighted by molar-refractivity contribution is -0.124. The third-order valence-electron chi connectivity index (χ3n) is 3.83. The van der Waals surface area contributed by atoms with Gasteiger partial charge in [0.15, 0.2) is 0 Å². The standard InChI is InChI=1S/C13H19N5O.ClH/c19-13(16-7-9-3-1-2-5-15-9)12-10-8-14-6-4-11(10)17-18-12;/h1-3,5,10-12,14,17-18H,4,6-8H2,(H,16,19);1H. The Morgan fingerprint density at radius 1 is 1.40 bits per heavy atom. The molecule has 20 heavy (non-hydrogen) atoms. The van der Waals surface area contributed by atoms with Crippen LogP contribution in [0.4, 0.5) is 0 Å². The van der Waals surface area contributed by atoms with Gasteiger partial charge < -0.3 is 10.6 Å². The Labute approximate surface area is 124 Å². The molecule has 0 aromatic carbocycles. The number of piperidine rings is 1. The Morgan fingerprint density at radius 2 is 2.30 bits per heavy atom. The van der Waals surface area contributed by atoms with Gasteiger partial charge in [0.05, 0.1) is 12.2 Å². The molecule has 3 atom stereocenters. The van der Waals surface area contributed by atoms with Crippen LogP contribution in [0.2, 0.25) is 0 Å². The maximum absolute atomic E-state index is 12.2. The van der Waals surface area contributed by atoms with Crippen LogP contribution in [0.25, 0.3) is 0 Å². The number of rotatable bonds is 3. The van der Waals surface area contributed by atoms with Crippen LogP contribution in [0, 0.1) is 5.92 Å². The summed E-state index contributed by atoms with van der Waals surface area (Å²) >= 11 is 0. The number of nitrogens with one attached hydrogen (secondary N) is 4. The summed E-state index contributed by atoms with van der Waals surface area (Å²) in [6.45, 7) is 2.37. The monoisotopic (exact) mass is 297 g/mol. The minimum atomic E-state index is -0.165. The van der Waals surface area contributed by atoms with Crippen molar-refractivity contribution < 1.29 is 4.79 Å². The molecule has 4 N–H and O–H groups in total. The molecule has 0 spiro atoms. The van der Waals surface area contributed by atoms with Crippen molar-refractivity contribution in [1.82, 2.24) is 26.5 Å². The normalized spacial score (nSPS) is 28.3. The zero-order valence-corrected chi connectivity index (χ0v) is 12.0. The smallest absolute Gasteiger partial charge is 0.239 e. The minimum absolute atomic E-state index is 0. The Hall–Kier alpha value is -1.21. The van der Waals surface area contributed by atoms with E-state index in [1.54, 1.807) is 6.20 Å². The molecule has 2 fully saturated rings. The van der Waals surface area contributed by atoms with E-state index >= 15 is 0 Å². The zero-order chi connectivity index (χ0) is 13.1. The number of hydrogen-bond donors (Lipinski definition) is 4. The first kappa shape index (κ1) is 15.2. The average Bonchev–Trinajstić information content (AvgIpc) is 2.90. The lowest BCUT2D eigenvalue weighted by Crippen LogP contribution is -2.49. The number of fused-ring (bicyclic) bond motifs is 1. The van der Waals surface area contributed by atoms with E-state index in [0.717, 1.165) is 25.2 Å². The summed E-state index contributed by atoms with van der Waals surface area (Å²) in [6, 6.07) is 5.93. The second-order valence-electron chi connectivity index (χ2n) is 5.07. The SMILES string of the molecule is Cl.O=C(NCc1ccccn1)C1NNC2CCNCC21. The second kappa shape index (κ2) is 6.99. The summed E-state index contributed by atoms with van der Waals surface area (Å²) in [5, 5.41) is 6.28. The number of hydrazine groups is 1. The number of hydrogen-bond acceptors (Lipinski definition) is 5. The molecule has 0 saturated carbocycles. The molecule has 2 aliphatic rings. The van der Waals surface area contributed by atoms with E-state index in [2.05, 4.69) is 26.5 Å². The maximum Gasteiger partial charge on any atom is 0.239 e. The van der Waals surface area contributed by atoms with Gasteiger partial charge in [-0.05, 0) is 25.1 Å². The van der Waals surface area contributed by atoms with Crippen molar-refractivity contribution in [1.29, 1.82) is 0 Å². The van der Waals surface area contributed by atoms with E-state index in [9.17, 15) is 4.79 Å². The van der Waals surface area contributed by atoms with Crippen molar-refractivity contribution in [2.24, 2.45) is 5.92 Å². The Morgan fingerprint density at radius 3 is 3.10 bits per heavy atom. The van der Waals surface area contributed by atoms with Crippen molar-refractivity contribution in [2.75, 3.05) is 13.1 Å². The van der Waals surface area contributed by atoms with E-state index in [1.807, 2.05) is 18.2 Å². The van der Waals surface area contributed by atoms with Gasteiger partial charge in [-0.2, -0.15) is 0 Å². The molecule has 0 bridgehead atoms. The summed E-state index contributed by atoms with van der Waals surface area (Å²) in [5.41, 5.74) is 7.21. The second-order valence-corrected chi connectivity index (χ2v) is 5.07. The molecule has 6 nitrogen and oxygen atoms in total. The summed E-state index contributed by atoms with van der Waals surface area (Å²) in [4.78, 5) is 16.4. The van der Waals surface area contributed by atoms with Crippen molar-refractivity contribution in [3.63, 3.8) is 0 Å². The molecule has 1 amide bonds. The van der Waals surface area contributed by atoms with Crippen molar-refractivity contribution >= 4 is 18.3 Å². The molecule has 1 aromatic heterocycles. The third kappa shape index (κ3) is 3.27. The van der Waals surface area contributed by atoms with E-state index in [-0.39, 0.29) is 24.4 Å². The molecule has 3 rings (SSSR count). The van der Waals surface area contributed by atoms with Gasteiger partial charge in [-0.3, -0.25) is 15.2 Å². The highest BCUT2D eigenvalue weighted by atomic mass is 35.5. The zero-order valence-electron chi connectivity index (χ0n) is 11.1. The minimum Gasteiger partial charge on any atom is -0.349 e. The fraction of sp³-hybridized carbons (Fsp3) is 0.538. The van der Waals surface area contributed by atoms with Crippen LogP contribution in [0.15, 0.2) is 24.4 Å². The number of carbonyl (C=O) groups is 1. The summed E-state index contributed by atoms with van der Waals surface area (Å²) < 4.78 is 0. The first-order valence-electron chi connectivity index (χ1n) is 6.74. The van der Waals surface area contributed by atoms with Gasteiger partial charge in [0.1, 0.15) is 6.04 Å². The first-order valence-corrected chi connectivity index (χ1v) is 6.74. The Kier molecular flexibility index (Phi) is 5.31. The topological polar surface area (TPSA) is 78.1 Å². The summed E-state index contributed by atoms with van der Waals surface area (Å²) in [5.74, 6) is 0.354. The van der Waals surface area contributed by atoms with E-state index in [0.29, 0.717) is 18.5 Å². The number of carbonyl (C=O) groups excluding carboxylic acids is 1. The first-order chi connectivity index (χ1) is 9.34. The third-order valence-corrected chi connectivity index (χ3v) is 3.83. The number of pyridine rings is 1. The predicted molar refractivity (Wildman–Crippen MR) is 78.2 cm³/mol. The van der Waals surface area contributed by atoms with E-state index < -0.39 is 0 Å². The van der Waals surface area contributed by atoms with Crippen LogP contribution in [0.5, 0.6) is 0 Å². The van der Waals surface area contributed by atoms with Gasteiger partial charge in [0, 0.05) is 24.7 Å². The summed E-state index contributed by atoms with van der Waals surface area (Å²) in [7, 11) is 0. The molecule has 0 aliphatic carbocycles. The molecule has 0 radical (unpaired) electrons. The molecular weight excluding hydrogens is 278 g/mol. The maximum atomic E-state index is 12.2. The largest absolute Gasteiger partial charge is 0.349 e. The van der Waals surface area contributed by atoms with Crippen molar-refractivity contribution in [2.45, 2.75) is 25.0 Å². The van der Waals surface area contributed by atoms with Crippen LogP contribution in [0.3, 0.4) is 0 Å². The predicted octanol–water partition coefficient (Wildman–Crippen LogP) is -0.426. The van der Waals surface area contributed by atoms with Gasteiger partial charge in [0.25, 0.3) is 0 Å². The lowest BCUT2D eigenvalue weighted by atomic mass is 9.89. The molecular formula is C13H20ClN5O. The molecule has 2 aliphatic heterocycles. The number of aromatic nitrogens is 1. The quantitative estimate of drug-likeness (QED) is 0.609. The summed E-state index contributed by atoms with van der Waals surface area (Å²) in [6.07, 6.45) is 2.79. The van der Waals surface area contributed by atoms with Crippen molar-refractivity contribution in [3.8, 4) is 0 Å². The Bertz CT molecular complexity index is 444. The fourth-order valence-corrected chi connectivity index (χ4v) is 2.77. The molecule has 1 aromatic rings. The average molecular weight is 298 g/mol. The highest BCUT2D eigenvalue weighted by molar-refractivity contribution is 5.85. The van der Waals surface area contributed by atoms with Gasteiger partial charge in [0.2, 0.25) is 5.91 Å². The number of nitrogens with zero attached hydrogens (tertiary/aromatic N) is 1. The number of amides is 1. The highest BCUT2D eigenvalue weighted by Crippen LogP contribution is 2.19. The van der Waals surface area contributed by atoms with E-state index in [1.165, 1.54) is 0 Å². The lowest BCUT2D eigenvalue weighted by Gasteiger charge is -2.27. The van der Waals surface area contributed by atoms with E-state index in [4.69, 9.17) is 0 Å². The van der Waals surface area contributed by atoms with Gasteiger partial charge in [-0.25, -0.2) is 5.43 Å². The van der Waals surface area contributed by atoms with Crippen molar-refractivity contribution in [3.05, 3.63) is 30.1 Å². The molecule has 110 valence electrons. The van der Waals surface area contributed by atoms with Gasteiger partial charge in [-0.15, -0.1) is 12.4 Å². The molecule has 2 saturated heterocycles. The molecule has 7 heteroatoms. The van der Waals surface area contributed by atoms with Crippen LogP contribution in [0.1, 0.15) is 12.1 Å². The van der Waals surface area contributed by atoms with Crippen LogP contribution in [-0.2, 0) is 11.3 Å². The molecule has 3 unspecified atom stereocenters. The van der Waals surface area contributed by atoms with Crippen LogP contribution >= 0.6 is 12.4 Å². The number of halogens is 1. The highest BCUT2D eigenvalue weighted by Gasteiger charge is 2.40. The Balaban J connectivity index is 0.00000147. The fourth-order valence-electron chi connectivity index (χ4n) is 2.77. The van der Waals surface area contributed by atoms with Crippen LogP contribution in [-0.4, -0.2) is 36.1 Å². The van der Waals surface area contributed by atoms with Gasteiger partial charge >= 0.3 is 0 Å². The van der Waals surface area contributed by atoms with Crippen LogP contribution < -0.4 is 21.5 Å². The van der Waals surface area contributed by atoms with Gasteiger partial charge in [-0.1, -0.05) is 6.07 Å². The molecule has 3 heterocycles.